The summed E-state index contributed by atoms with van der Waals surface area (Å²) in [4.78, 5) is 14.6. The standard InChI is InChI=1S/C10H22N2O3/c1-9(8-15-4)12(7-10(13)14)6-5-11(2)3/h9H,5-8H2,1-4H3,(H,13,14). The van der Waals surface area contributed by atoms with Crippen molar-refractivity contribution in [3.8, 4) is 0 Å². The Labute approximate surface area is 91.6 Å². The summed E-state index contributed by atoms with van der Waals surface area (Å²) in [7, 11) is 5.57. The molecule has 0 aromatic carbocycles. The summed E-state index contributed by atoms with van der Waals surface area (Å²) in [6.45, 7) is 4.19. The molecule has 0 saturated carbocycles. The molecular formula is C10H22N2O3. The molecule has 0 aliphatic rings. The third-order valence-corrected chi connectivity index (χ3v) is 2.20. The Hall–Kier alpha value is -0.650. The normalized spacial score (nSPS) is 13.5. The molecule has 0 rings (SSSR count). The smallest absolute Gasteiger partial charge is 0.317 e. The minimum absolute atomic E-state index is 0.0678. The molecule has 0 amide bonds. The Morgan fingerprint density at radius 3 is 2.40 bits per heavy atom. The largest absolute Gasteiger partial charge is 0.480 e. The predicted molar refractivity (Wildman–Crippen MR) is 59.1 cm³/mol. The quantitative estimate of drug-likeness (QED) is 0.620. The SMILES string of the molecule is COCC(C)N(CCN(C)C)CC(=O)O. The number of methoxy groups -OCH3 is 1. The predicted octanol–water partition coefficient (Wildman–Crippen LogP) is -0.0305. The van der Waals surface area contributed by atoms with Gasteiger partial charge in [-0.25, -0.2) is 0 Å². The van der Waals surface area contributed by atoms with Crippen LogP contribution in [0.25, 0.3) is 0 Å². The zero-order valence-corrected chi connectivity index (χ0v) is 10.1. The first-order valence-electron chi connectivity index (χ1n) is 5.07. The fourth-order valence-corrected chi connectivity index (χ4v) is 1.30. The maximum Gasteiger partial charge on any atom is 0.317 e. The van der Waals surface area contributed by atoms with Crippen LogP contribution in [0.3, 0.4) is 0 Å². The van der Waals surface area contributed by atoms with Gasteiger partial charge in [0.1, 0.15) is 0 Å². The van der Waals surface area contributed by atoms with Gasteiger partial charge in [0.05, 0.1) is 13.2 Å². The van der Waals surface area contributed by atoms with E-state index in [1.807, 2.05) is 30.8 Å². The highest BCUT2D eigenvalue weighted by Crippen LogP contribution is 1.99. The Bertz CT molecular complexity index is 186. The van der Waals surface area contributed by atoms with E-state index in [4.69, 9.17) is 9.84 Å². The van der Waals surface area contributed by atoms with Crippen LogP contribution < -0.4 is 0 Å². The number of ether oxygens (including phenoxy) is 1. The van der Waals surface area contributed by atoms with Gasteiger partial charge in [0, 0.05) is 26.2 Å². The van der Waals surface area contributed by atoms with Crippen molar-refractivity contribution >= 4 is 5.97 Å². The van der Waals surface area contributed by atoms with Crippen LogP contribution in [0.15, 0.2) is 0 Å². The van der Waals surface area contributed by atoms with Crippen LogP contribution in [-0.4, -0.2) is 74.4 Å². The monoisotopic (exact) mass is 218 g/mol. The molecule has 0 aromatic rings. The van der Waals surface area contributed by atoms with Crippen LogP contribution in [0.4, 0.5) is 0 Å². The van der Waals surface area contributed by atoms with Gasteiger partial charge < -0.3 is 14.7 Å². The lowest BCUT2D eigenvalue weighted by Gasteiger charge is -2.28. The highest BCUT2D eigenvalue weighted by molar-refractivity contribution is 5.69. The van der Waals surface area contributed by atoms with Crippen molar-refractivity contribution in [3.05, 3.63) is 0 Å². The average molecular weight is 218 g/mol. The topological polar surface area (TPSA) is 53.0 Å². The number of likely N-dealkylation sites (N-methyl/N-ethyl adjacent to an activating group) is 1. The average Bonchev–Trinajstić information content (AvgIpc) is 2.11. The van der Waals surface area contributed by atoms with E-state index in [0.717, 1.165) is 13.1 Å². The highest BCUT2D eigenvalue weighted by Gasteiger charge is 2.16. The molecule has 90 valence electrons. The Balaban J connectivity index is 4.10. The molecule has 5 heteroatoms. The molecule has 15 heavy (non-hydrogen) atoms. The molecular weight excluding hydrogens is 196 g/mol. The van der Waals surface area contributed by atoms with Gasteiger partial charge in [-0.05, 0) is 21.0 Å². The zero-order chi connectivity index (χ0) is 11.8. The fraction of sp³-hybridized carbons (Fsp3) is 0.900. The first-order valence-corrected chi connectivity index (χ1v) is 5.07. The molecule has 0 aromatic heterocycles. The second kappa shape index (κ2) is 7.62. The molecule has 0 spiro atoms. The third-order valence-electron chi connectivity index (χ3n) is 2.20. The molecule has 0 bridgehead atoms. The molecule has 0 aliphatic heterocycles. The maximum absolute atomic E-state index is 10.7. The molecule has 0 fully saturated rings. The van der Waals surface area contributed by atoms with E-state index in [-0.39, 0.29) is 12.6 Å². The Kier molecular flexibility index (Phi) is 7.29. The molecule has 1 N–H and O–H groups in total. The van der Waals surface area contributed by atoms with Crippen LogP contribution in [0.2, 0.25) is 0 Å². The highest BCUT2D eigenvalue weighted by atomic mass is 16.5. The molecule has 0 saturated heterocycles. The number of aliphatic carboxylic acids is 1. The molecule has 0 aliphatic carbocycles. The van der Waals surface area contributed by atoms with E-state index in [1.165, 1.54) is 0 Å². The number of carboxylic acid groups (broad SMARTS) is 1. The van der Waals surface area contributed by atoms with Crippen molar-refractivity contribution in [1.29, 1.82) is 0 Å². The van der Waals surface area contributed by atoms with Crippen LogP contribution in [0, 0.1) is 0 Å². The van der Waals surface area contributed by atoms with Gasteiger partial charge >= 0.3 is 5.97 Å². The summed E-state index contributed by atoms with van der Waals surface area (Å²) in [5.41, 5.74) is 0. The summed E-state index contributed by atoms with van der Waals surface area (Å²) in [5.74, 6) is -0.795. The number of carbonyl (C=O) groups is 1. The molecule has 1 atom stereocenters. The van der Waals surface area contributed by atoms with Gasteiger partial charge in [-0.3, -0.25) is 9.69 Å². The van der Waals surface area contributed by atoms with Crippen molar-refractivity contribution in [2.75, 3.05) is 47.4 Å². The lowest BCUT2D eigenvalue weighted by atomic mass is 10.3. The summed E-state index contributed by atoms with van der Waals surface area (Å²) in [5, 5.41) is 8.77. The van der Waals surface area contributed by atoms with Gasteiger partial charge in [-0.2, -0.15) is 0 Å². The first-order chi connectivity index (χ1) is 6.97. The zero-order valence-electron chi connectivity index (χ0n) is 10.1. The van der Waals surface area contributed by atoms with Gasteiger partial charge in [-0.15, -0.1) is 0 Å². The lowest BCUT2D eigenvalue weighted by Crippen LogP contribution is -2.43. The number of hydrogen-bond donors (Lipinski definition) is 1. The summed E-state index contributed by atoms with van der Waals surface area (Å²) in [6.07, 6.45) is 0. The van der Waals surface area contributed by atoms with Crippen molar-refractivity contribution in [2.24, 2.45) is 0 Å². The number of hydrogen-bond acceptors (Lipinski definition) is 4. The molecule has 0 radical (unpaired) electrons. The van der Waals surface area contributed by atoms with E-state index in [2.05, 4.69) is 0 Å². The van der Waals surface area contributed by atoms with Crippen LogP contribution in [-0.2, 0) is 9.53 Å². The summed E-state index contributed by atoms with van der Waals surface area (Å²) >= 11 is 0. The van der Waals surface area contributed by atoms with Crippen molar-refractivity contribution in [3.63, 3.8) is 0 Å². The molecule has 1 unspecified atom stereocenters. The Morgan fingerprint density at radius 2 is 2.00 bits per heavy atom. The van der Waals surface area contributed by atoms with E-state index in [0.29, 0.717) is 6.61 Å². The second-order valence-corrected chi connectivity index (χ2v) is 3.97. The minimum Gasteiger partial charge on any atom is -0.480 e. The van der Waals surface area contributed by atoms with E-state index >= 15 is 0 Å². The lowest BCUT2D eigenvalue weighted by molar-refractivity contribution is -0.139. The third kappa shape index (κ3) is 7.30. The molecule has 0 heterocycles. The maximum atomic E-state index is 10.7. The van der Waals surface area contributed by atoms with Crippen molar-refractivity contribution in [1.82, 2.24) is 9.80 Å². The Morgan fingerprint density at radius 1 is 1.40 bits per heavy atom. The van der Waals surface area contributed by atoms with Gasteiger partial charge in [0.15, 0.2) is 0 Å². The van der Waals surface area contributed by atoms with Gasteiger partial charge in [0.25, 0.3) is 0 Å². The number of carboxylic acids is 1. The fourth-order valence-electron chi connectivity index (χ4n) is 1.30. The number of nitrogens with zero attached hydrogens (tertiary/aromatic N) is 2. The molecule has 5 nitrogen and oxygen atoms in total. The van der Waals surface area contributed by atoms with E-state index in [9.17, 15) is 4.79 Å². The minimum atomic E-state index is -0.795. The van der Waals surface area contributed by atoms with Gasteiger partial charge in [0.2, 0.25) is 0 Å². The van der Waals surface area contributed by atoms with E-state index in [1.54, 1.807) is 7.11 Å². The van der Waals surface area contributed by atoms with Crippen LogP contribution in [0.5, 0.6) is 0 Å². The van der Waals surface area contributed by atoms with Crippen molar-refractivity contribution < 1.29 is 14.6 Å². The van der Waals surface area contributed by atoms with Crippen molar-refractivity contribution in [2.45, 2.75) is 13.0 Å². The summed E-state index contributed by atoms with van der Waals surface area (Å²) < 4.78 is 5.02. The van der Waals surface area contributed by atoms with Crippen LogP contribution >= 0.6 is 0 Å². The van der Waals surface area contributed by atoms with Crippen LogP contribution in [0.1, 0.15) is 6.92 Å². The van der Waals surface area contributed by atoms with Gasteiger partial charge in [-0.1, -0.05) is 0 Å². The first kappa shape index (κ1) is 14.3. The number of rotatable bonds is 8. The second-order valence-electron chi connectivity index (χ2n) is 3.97. The summed E-state index contributed by atoms with van der Waals surface area (Å²) in [6, 6.07) is 0.131. The van der Waals surface area contributed by atoms with E-state index < -0.39 is 5.97 Å².